The van der Waals surface area contributed by atoms with E-state index in [1.165, 1.54) is 16.9 Å². The first kappa shape index (κ1) is 21.8. The standard InChI is InChI=1S/C24H27NO4S/c1-7-28-23(27)20-19(16-8-10-17(11-9-16)24(4,5)6)13-30-22(20)25-21(26)18-12-14(2)29-15(18)3/h8-13H,7H2,1-6H3,(H,25,26). The minimum Gasteiger partial charge on any atom is -0.466 e. The normalized spacial score (nSPS) is 11.4. The van der Waals surface area contributed by atoms with Gasteiger partial charge in [-0.25, -0.2) is 4.79 Å². The fraction of sp³-hybridized carbons (Fsp3) is 0.333. The fourth-order valence-electron chi connectivity index (χ4n) is 3.24. The van der Waals surface area contributed by atoms with Gasteiger partial charge in [0.25, 0.3) is 5.91 Å². The van der Waals surface area contributed by atoms with Crippen LogP contribution < -0.4 is 5.32 Å². The minimum absolute atomic E-state index is 0.0386. The summed E-state index contributed by atoms with van der Waals surface area (Å²) in [6.07, 6.45) is 0. The Labute approximate surface area is 181 Å². The molecule has 3 aromatic rings. The van der Waals surface area contributed by atoms with Crippen molar-refractivity contribution in [3.05, 3.63) is 63.9 Å². The number of anilines is 1. The van der Waals surface area contributed by atoms with Crippen molar-refractivity contribution >= 4 is 28.2 Å². The van der Waals surface area contributed by atoms with Crippen molar-refractivity contribution in [2.45, 2.75) is 47.0 Å². The van der Waals surface area contributed by atoms with E-state index in [2.05, 4.69) is 38.2 Å². The van der Waals surface area contributed by atoms with Crippen LogP contribution in [0.15, 0.2) is 40.1 Å². The number of nitrogens with one attached hydrogen (secondary N) is 1. The molecule has 158 valence electrons. The predicted molar refractivity (Wildman–Crippen MR) is 121 cm³/mol. The van der Waals surface area contributed by atoms with Gasteiger partial charge in [-0.15, -0.1) is 11.3 Å². The number of amides is 1. The summed E-state index contributed by atoms with van der Waals surface area (Å²) in [6.45, 7) is 12.0. The molecule has 0 unspecified atom stereocenters. The molecule has 0 aliphatic rings. The van der Waals surface area contributed by atoms with Crippen LogP contribution in [0, 0.1) is 13.8 Å². The number of benzene rings is 1. The van der Waals surface area contributed by atoms with Crippen LogP contribution in [-0.4, -0.2) is 18.5 Å². The number of hydrogen-bond donors (Lipinski definition) is 1. The number of furan rings is 1. The van der Waals surface area contributed by atoms with Crippen molar-refractivity contribution in [3.8, 4) is 11.1 Å². The Morgan fingerprint density at radius 3 is 2.33 bits per heavy atom. The van der Waals surface area contributed by atoms with Crippen molar-refractivity contribution in [1.82, 2.24) is 0 Å². The van der Waals surface area contributed by atoms with Crippen LogP contribution in [0.5, 0.6) is 0 Å². The molecule has 3 rings (SSSR count). The number of carbonyl (C=O) groups is 2. The summed E-state index contributed by atoms with van der Waals surface area (Å²) < 4.78 is 10.7. The van der Waals surface area contributed by atoms with Crippen molar-refractivity contribution in [2.75, 3.05) is 11.9 Å². The number of esters is 1. The van der Waals surface area contributed by atoms with Crippen molar-refractivity contribution in [3.63, 3.8) is 0 Å². The monoisotopic (exact) mass is 425 g/mol. The molecule has 6 heteroatoms. The molecule has 0 atom stereocenters. The molecule has 0 saturated carbocycles. The van der Waals surface area contributed by atoms with Gasteiger partial charge in [0.05, 0.1) is 12.2 Å². The van der Waals surface area contributed by atoms with Gasteiger partial charge >= 0.3 is 5.97 Å². The molecule has 0 aliphatic carbocycles. The van der Waals surface area contributed by atoms with Crippen LogP contribution in [-0.2, 0) is 10.2 Å². The zero-order chi connectivity index (χ0) is 22.1. The van der Waals surface area contributed by atoms with Crippen LogP contribution in [0.25, 0.3) is 11.1 Å². The van der Waals surface area contributed by atoms with Gasteiger partial charge in [0.15, 0.2) is 0 Å². The summed E-state index contributed by atoms with van der Waals surface area (Å²) in [4.78, 5) is 25.5. The molecule has 0 saturated heterocycles. The Kier molecular flexibility index (Phi) is 6.17. The first-order valence-electron chi connectivity index (χ1n) is 9.89. The van der Waals surface area contributed by atoms with E-state index >= 15 is 0 Å². The van der Waals surface area contributed by atoms with Crippen LogP contribution in [0.2, 0.25) is 0 Å². The van der Waals surface area contributed by atoms with E-state index in [0.717, 1.165) is 11.1 Å². The van der Waals surface area contributed by atoms with Crippen molar-refractivity contribution in [1.29, 1.82) is 0 Å². The topological polar surface area (TPSA) is 68.5 Å². The lowest BCUT2D eigenvalue weighted by Crippen LogP contribution is -2.15. The van der Waals surface area contributed by atoms with Crippen molar-refractivity contribution < 1.29 is 18.7 Å². The summed E-state index contributed by atoms with van der Waals surface area (Å²) in [6, 6.07) is 9.82. The molecule has 30 heavy (non-hydrogen) atoms. The molecule has 0 spiro atoms. The van der Waals surface area contributed by atoms with Gasteiger partial charge in [-0.3, -0.25) is 4.79 Å². The lowest BCUT2D eigenvalue weighted by atomic mass is 9.86. The van der Waals surface area contributed by atoms with E-state index in [4.69, 9.17) is 9.15 Å². The number of aryl methyl sites for hydroxylation is 2. The molecule has 1 N–H and O–H groups in total. The molecule has 5 nitrogen and oxygen atoms in total. The number of ether oxygens (including phenoxy) is 1. The maximum absolute atomic E-state index is 12.8. The number of hydrogen-bond acceptors (Lipinski definition) is 5. The van der Waals surface area contributed by atoms with Gasteiger partial charge in [0.1, 0.15) is 22.1 Å². The van der Waals surface area contributed by atoms with E-state index in [0.29, 0.717) is 27.6 Å². The van der Waals surface area contributed by atoms with E-state index in [1.54, 1.807) is 26.8 Å². The third kappa shape index (κ3) is 4.49. The maximum Gasteiger partial charge on any atom is 0.341 e. The lowest BCUT2D eigenvalue weighted by Gasteiger charge is -2.19. The number of rotatable bonds is 5. The summed E-state index contributed by atoms with van der Waals surface area (Å²) in [7, 11) is 0. The summed E-state index contributed by atoms with van der Waals surface area (Å²) in [5.41, 5.74) is 3.71. The highest BCUT2D eigenvalue weighted by Crippen LogP contribution is 2.37. The second-order valence-corrected chi connectivity index (χ2v) is 9.06. The first-order chi connectivity index (χ1) is 14.1. The van der Waals surface area contributed by atoms with Gasteiger partial charge in [-0.1, -0.05) is 45.0 Å². The smallest absolute Gasteiger partial charge is 0.341 e. The molecular formula is C24H27NO4S. The van der Waals surface area contributed by atoms with E-state index < -0.39 is 5.97 Å². The Morgan fingerprint density at radius 1 is 1.13 bits per heavy atom. The third-order valence-corrected chi connectivity index (χ3v) is 5.74. The fourth-order valence-corrected chi connectivity index (χ4v) is 4.20. The van der Waals surface area contributed by atoms with Crippen LogP contribution in [0.1, 0.15) is 65.5 Å². The second kappa shape index (κ2) is 8.48. The van der Waals surface area contributed by atoms with E-state index in [9.17, 15) is 9.59 Å². The van der Waals surface area contributed by atoms with E-state index in [-0.39, 0.29) is 17.9 Å². The Hall–Kier alpha value is -2.86. The SMILES string of the molecule is CCOC(=O)c1c(-c2ccc(C(C)(C)C)cc2)csc1NC(=O)c1cc(C)oc1C. The zero-order valence-corrected chi connectivity index (χ0v) is 19.0. The number of carbonyl (C=O) groups excluding carboxylic acids is 2. The van der Waals surface area contributed by atoms with Crippen LogP contribution in [0.4, 0.5) is 5.00 Å². The Morgan fingerprint density at radius 2 is 1.80 bits per heavy atom. The summed E-state index contributed by atoms with van der Waals surface area (Å²) in [5, 5.41) is 5.21. The van der Waals surface area contributed by atoms with E-state index in [1.807, 2.05) is 17.5 Å². The molecule has 1 aromatic carbocycles. The van der Waals surface area contributed by atoms with Crippen molar-refractivity contribution in [2.24, 2.45) is 0 Å². The summed E-state index contributed by atoms with van der Waals surface area (Å²) in [5.74, 6) is 0.432. The predicted octanol–water partition coefficient (Wildman–Crippen LogP) is 6.35. The average molecular weight is 426 g/mol. The van der Waals surface area contributed by atoms with Crippen LogP contribution >= 0.6 is 11.3 Å². The first-order valence-corrected chi connectivity index (χ1v) is 10.8. The highest BCUT2D eigenvalue weighted by molar-refractivity contribution is 7.15. The third-order valence-electron chi connectivity index (χ3n) is 4.85. The molecule has 0 radical (unpaired) electrons. The molecule has 0 aliphatic heterocycles. The van der Waals surface area contributed by atoms with Crippen LogP contribution in [0.3, 0.4) is 0 Å². The van der Waals surface area contributed by atoms with Gasteiger partial charge in [-0.05, 0) is 43.4 Å². The zero-order valence-electron chi connectivity index (χ0n) is 18.2. The average Bonchev–Trinajstić information content (AvgIpc) is 3.24. The quantitative estimate of drug-likeness (QED) is 0.484. The lowest BCUT2D eigenvalue weighted by molar-refractivity contribution is 0.0529. The van der Waals surface area contributed by atoms with Gasteiger partial charge < -0.3 is 14.5 Å². The molecule has 2 heterocycles. The maximum atomic E-state index is 12.8. The second-order valence-electron chi connectivity index (χ2n) is 8.18. The highest BCUT2D eigenvalue weighted by atomic mass is 32.1. The number of thiophene rings is 1. The molecule has 1 amide bonds. The molecule has 0 fully saturated rings. The van der Waals surface area contributed by atoms with Gasteiger partial charge in [-0.2, -0.15) is 0 Å². The summed E-state index contributed by atoms with van der Waals surface area (Å²) >= 11 is 1.31. The molecule has 0 bridgehead atoms. The van der Waals surface area contributed by atoms with Gasteiger partial charge in [0, 0.05) is 10.9 Å². The highest BCUT2D eigenvalue weighted by Gasteiger charge is 2.24. The molecular weight excluding hydrogens is 398 g/mol. The van der Waals surface area contributed by atoms with Gasteiger partial charge in [0.2, 0.25) is 0 Å². The Bertz CT molecular complexity index is 1070. The minimum atomic E-state index is -0.455. The Balaban J connectivity index is 1.99. The largest absolute Gasteiger partial charge is 0.466 e. The molecule has 2 aromatic heterocycles.